The van der Waals surface area contributed by atoms with E-state index in [1.807, 2.05) is 6.33 Å². The number of hydrogen-bond donors (Lipinski definition) is 2. The highest BCUT2D eigenvalue weighted by Gasteiger charge is 2.31. The standard InChI is InChI=1S/C14H24N4O/c1-19-9-8-18-6-3-11(4-7-18)13-14-12(2-5-15-13)16-10-17-14/h10-11,13,15H,2-9H2,1H3,(H,16,17). The lowest BCUT2D eigenvalue weighted by molar-refractivity contribution is 0.109. The van der Waals surface area contributed by atoms with Gasteiger partial charge in [0.05, 0.1) is 24.7 Å². The number of imidazole rings is 1. The van der Waals surface area contributed by atoms with Crippen molar-refractivity contribution in [3.05, 3.63) is 17.7 Å². The van der Waals surface area contributed by atoms with E-state index in [9.17, 15) is 0 Å². The molecule has 0 spiro atoms. The fourth-order valence-electron chi connectivity index (χ4n) is 3.37. The molecule has 0 aliphatic carbocycles. The SMILES string of the molecule is COCCN1CCC(C2NCCc3[nH]cnc32)CC1. The number of rotatable bonds is 4. The van der Waals surface area contributed by atoms with Gasteiger partial charge in [0.2, 0.25) is 0 Å². The minimum atomic E-state index is 0.458. The molecular formula is C14H24N4O. The van der Waals surface area contributed by atoms with Crippen LogP contribution in [0.2, 0.25) is 0 Å². The third-order valence-electron chi connectivity index (χ3n) is 4.50. The number of methoxy groups -OCH3 is 1. The maximum Gasteiger partial charge on any atom is 0.0925 e. The molecule has 0 radical (unpaired) electrons. The Labute approximate surface area is 114 Å². The summed E-state index contributed by atoms with van der Waals surface area (Å²) in [6.07, 6.45) is 5.44. The molecule has 106 valence electrons. The molecule has 1 aromatic heterocycles. The second-order valence-corrected chi connectivity index (χ2v) is 5.62. The van der Waals surface area contributed by atoms with E-state index in [4.69, 9.17) is 4.74 Å². The van der Waals surface area contributed by atoms with Gasteiger partial charge in [-0.1, -0.05) is 0 Å². The van der Waals surface area contributed by atoms with E-state index in [1.54, 1.807) is 7.11 Å². The number of likely N-dealkylation sites (tertiary alicyclic amines) is 1. The minimum Gasteiger partial charge on any atom is -0.383 e. The van der Waals surface area contributed by atoms with Gasteiger partial charge in [-0.3, -0.25) is 0 Å². The van der Waals surface area contributed by atoms with Crippen molar-refractivity contribution in [2.24, 2.45) is 5.92 Å². The Morgan fingerprint density at radius 1 is 1.42 bits per heavy atom. The number of aromatic nitrogens is 2. The first-order valence-corrected chi connectivity index (χ1v) is 7.35. The molecule has 1 saturated heterocycles. The highest BCUT2D eigenvalue weighted by molar-refractivity contribution is 5.20. The maximum atomic E-state index is 5.16. The van der Waals surface area contributed by atoms with Crippen molar-refractivity contribution in [3.63, 3.8) is 0 Å². The number of fused-ring (bicyclic) bond motifs is 1. The quantitative estimate of drug-likeness (QED) is 0.850. The first kappa shape index (κ1) is 13.1. The van der Waals surface area contributed by atoms with Crippen LogP contribution in [0.5, 0.6) is 0 Å². The second-order valence-electron chi connectivity index (χ2n) is 5.62. The Hall–Kier alpha value is -0.910. The molecule has 2 N–H and O–H groups in total. The monoisotopic (exact) mass is 264 g/mol. The summed E-state index contributed by atoms with van der Waals surface area (Å²) in [5, 5.41) is 3.66. The number of nitrogens with one attached hydrogen (secondary N) is 2. The number of hydrogen-bond acceptors (Lipinski definition) is 4. The molecule has 1 unspecified atom stereocenters. The van der Waals surface area contributed by atoms with Crippen LogP contribution in [-0.2, 0) is 11.2 Å². The molecule has 1 aromatic rings. The Bertz CT molecular complexity index is 398. The Morgan fingerprint density at radius 2 is 2.26 bits per heavy atom. The van der Waals surface area contributed by atoms with Crippen LogP contribution in [0, 0.1) is 5.92 Å². The van der Waals surface area contributed by atoms with Crippen LogP contribution in [0.15, 0.2) is 6.33 Å². The van der Waals surface area contributed by atoms with Gasteiger partial charge >= 0.3 is 0 Å². The van der Waals surface area contributed by atoms with Crippen LogP contribution in [0.4, 0.5) is 0 Å². The van der Waals surface area contributed by atoms with Crippen LogP contribution in [0.25, 0.3) is 0 Å². The van der Waals surface area contributed by atoms with Crippen molar-refractivity contribution in [1.29, 1.82) is 0 Å². The van der Waals surface area contributed by atoms with Crippen molar-refractivity contribution < 1.29 is 4.74 Å². The summed E-state index contributed by atoms with van der Waals surface area (Å²) < 4.78 is 5.16. The molecular weight excluding hydrogens is 240 g/mol. The number of aromatic amines is 1. The molecule has 0 aromatic carbocycles. The van der Waals surface area contributed by atoms with Crippen molar-refractivity contribution >= 4 is 0 Å². The average molecular weight is 264 g/mol. The van der Waals surface area contributed by atoms with Gasteiger partial charge in [-0.25, -0.2) is 4.98 Å². The molecule has 1 fully saturated rings. The van der Waals surface area contributed by atoms with Crippen molar-refractivity contribution in [3.8, 4) is 0 Å². The number of H-pyrrole nitrogens is 1. The molecule has 5 heteroatoms. The fraction of sp³-hybridized carbons (Fsp3) is 0.786. The lowest BCUT2D eigenvalue weighted by atomic mass is 9.85. The summed E-state index contributed by atoms with van der Waals surface area (Å²) in [6.45, 7) is 5.35. The van der Waals surface area contributed by atoms with Crippen LogP contribution in [0.3, 0.4) is 0 Å². The second kappa shape index (κ2) is 6.03. The molecule has 2 aliphatic heterocycles. The van der Waals surface area contributed by atoms with Crippen molar-refractivity contribution in [2.75, 3.05) is 39.9 Å². The molecule has 3 rings (SSSR count). The summed E-state index contributed by atoms with van der Waals surface area (Å²) in [4.78, 5) is 10.3. The predicted octanol–water partition coefficient (Wildman–Crippen LogP) is 0.955. The maximum absolute atomic E-state index is 5.16. The van der Waals surface area contributed by atoms with Crippen molar-refractivity contribution in [2.45, 2.75) is 25.3 Å². The van der Waals surface area contributed by atoms with E-state index in [1.165, 1.54) is 37.3 Å². The summed E-state index contributed by atoms with van der Waals surface area (Å²) in [5.41, 5.74) is 2.60. The molecule has 2 aliphatic rings. The Morgan fingerprint density at radius 3 is 3.05 bits per heavy atom. The zero-order chi connectivity index (χ0) is 13.1. The van der Waals surface area contributed by atoms with Gasteiger partial charge in [-0.15, -0.1) is 0 Å². The highest BCUT2D eigenvalue weighted by Crippen LogP contribution is 2.33. The zero-order valence-electron chi connectivity index (χ0n) is 11.7. The first-order chi connectivity index (χ1) is 9.38. The fourth-order valence-corrected chi connectivity index (χ4v) is 3.37. The van der Waals surface area contributed by atoms with E-state index in [0.717, 1.165) is 32.0 Å². The summed E-state index contributed by atoms with van der Waals surface area (Å²) >= 11 is 0. The van der Waals surface area contributed by atoms with E-state index in [2.05, 4.69) is 20.2 Å². The minimum absolute atomic E-state index is 0.458. The molecule has 0 bridgehead atoms. The summed E-state index contributed by atoms with van der Waals surface area (Å²) in [6, 6.07) is 0.458. The van der Waals surface area contributed by atoms with Crippen molar-refractivity contribution in [1.82, 2.24) is 20.2 Å². The number of nitrogens with zero attached hydrogens (tertiary/aromatic N) is 2. The Kier molecular flexibility index (Phi) is 4.15. The van der Waals surface area contributed by atoms with E-state index in [-0.39, 0.29) is 0 Å². The molecule has 0 amide bonds. The van der Waals surface area contributed by atoms with Gasteiger partial charge in [0.25, 0.3) is 0 Å². The third kappa shape index (κ3) is 2.83. The lowest BCUT2D eigenvalue weighted by Gasteiger charge is -2.37. The zero-order valence-corrected chi connectivity index (χ0v) is 11.7. The average Bonchev–Trinajstić information content (AvgIpc) is 2.94. The largest absolute Gasteiger partial charge is 0.383 e. The molecule has 1 atom stereocenters. The van der Waals surface area contributed by atoms with Crippen LogP contribution in [-0.4, -0.2) is 54.8 Å². The van der Waals surface area contributed by atoms with Gasteiger partial charge in [-0.2, -0.15) is 0 Å². The Balaban J connectivity index is 1.58. The normalized spacial score (nSPS) is 25.4. The topological polar surface area (TPSA) is 53.2 Å². The highest BCUT2D eigenvalue weighted by atomic mass is 16.5. The lowest BCUT2D eigenvalue weighted by Crippen LogP contribution is -2.42. The van der Waals surface area contributed by atoms with E-state index in [0.29, 0.717) is 6.04 Å². The molecule has 19 heavy (non-hydrogen) atoms. The molecule has 3 heterocycles. The predicted molar refractivity (Wildman–Crippen MR) is 74.1 cm³/mol. The van der Waals surface area contributed by atoms with E-state index >= 15 is 0 Å². The number of piperidine rings is 1. The molecule has 0 saturated carbocycles. The van der Waals surface area contributed by atoms with Crippen LogP contribution < -0.4 is 5.32 Å². The summed E-state index contributed by atoms with van der Waals surface area (Å²) in [5.74, 6) is 0.723. The van der Waals surface area contributed by atoms with Crippen LogP contribution in [0.1, 0.15) is 30.3 Å². The number of ether oxygens (including phenoxy) is 1. The van der Waals surface area contributed by atoms with Gasteiger partial charge in [0.15, 0.2) is 0 Å². The van der Waals surface area contributed by atoms with Gasteiger partial charge in [0.1, 0.15) is 0 Å². The van der Waals surface area contributed by atoms with Gasteiger partial charge < -0.3 is 19.9 Å². The van der Waals surface area contributed by atoms with Gasteiger partial charge in [-0.05, 0) is 31.8 Å². The van der Waals surface area contributed by atoms with Gasteiger partial charge in [0, 0.05) is 32.3 Å². The van der Waals surface area contributed by atoms with E-state index < -0.39 is 0 Å². The third-order valence-corrected chi connectivity index (χ3v) is 4.50. The smallest absolute Gasteiger partial charge is 0.0925 e. The van der Waals surface area contributed by atoms with Crippen LogP contribution >= 0.6 is 0 Å². The summed E-state index contributed by atoms with van der Waals surface area (Å²) in [7, 11) is 1.78. The first-order valence-electron chi connectivity index (χ1n) is 7.35. The molecule has 5 nitrogen and oxygen atoms in total.